The van der Waals surface area contributed by atoms with E-state index >= 15 is 0 Å². The SMILES string of the molecule is CCCCNC(C)C(=O)Nc1ccccc1. The van der Waals surface area contributed by atoms with Gasteiger partial charge >= 0.3 is 0 Å². The summed E-state index contributed by atoms with van der Waals surface area (Å²) in [4.78, 5) is 11.7. The molecule has 3 nitrogen and oxygen atoms in total. The van der Waals surface area contributed by atoms with Crippen LogP contribution in [0.1, 0.15) is 26.7 Å². The summed E-state index contributed by atoms with van der Waals surface area (Å²) in [5.74, 6) is 0.0160. The standard InChI is InChI=1S/C13H20N2O/c1-3-4-10-14-11(2)13(16)15-12-8-6-5-7-9-12/h5-9,11,14H,3-4,10H2,1-2H3,(H,15,16). The van der Waals surface area contributed by atoms with Crippen LogP contribution in [-0.2, 0) is 4.79 Å². The zero-order chi connectivity index (χ0) is 11.8. The van der Waals surface area contributed by atoms with Crippen molar-refractivity contribution >= 4 is 11.6 Å². The first-order chi connectivity index (χ1) is 7.74. The van der Waals surface area contributed by atoms with E-state index in [1.807, 2.05) is 37.3 Å². The molecule has 0 heterocycles. The van der Waals surface area contributed by atoms with Gasteiger partial charge in [0.15, 0.2) is 0 Å². The number of rotatable bonds is 6. The van der Waals surface area contributed by atoms with Crippen molar-refractivity contribution < 1.29 is 4.79 Å². The molecule has 1 aromatic carbocycles. The quantitative estimate of drug-likeness (QED) is 0.723. The number of unbranched alkanes of at least 4 members (excludes halogenated alkanes) is 1. The van der Waals surface area contributed by atoms with E-state index in [1.54, 1.807) is 0 Å². The Balaban J connectivity index is 2.34. The van der Waals surface area contributed by atoms with E-state index in [-0.39, 0.29) is 11.9 Å². The fourth-order valence-corrected chi connectivity index (χ4v) is 1.36. The van der Waals surface area contributed by atoms with Crippen LogP contribution in [0.2, 0.25) is 0 Å². The van der Waals surface area contributed by atoms with Gasteiger partial charge in [-0.2, -0.15) is 0 Å². The average Bonchev–Trinajstić information content (AvgIpc) is 2.30. The Bertz CT molecular complexity index is 311. The third-order valence-corrected chi connectivity index (χ3v) is 2.42. The number of carbonyl (C=O) groups excluding carboxylic acids is 1. The number of hydrogen-bond donors (Lipinski definition) is 2. The summed E-state index contributed by atoms with van der Waals surface area (Å²) in [5, 5.41) is 6.06. The maximum atomic E-state index is 11.7. The summed E-state index contributed by atoms with van der Waals surface area (Å²) in [6.45, 7) is 4.91. The molecule has 0 saturated carbocycles. The van der Waals surface area contributed by atoms with Crippen molar-refractivity contribution in [3.8, 4) is 0 Å². The first-order valence-electron chi connectivity index (χ1n) is 5.83. The molecule has 88 valence electrons. The van der Waals surface area contributed by atoms with Gasteiger partial charge in [0, 0.05) is 5.69 Å². The lowest BCUT2D eigenvalue weighted by Gasteiger charge is -2.13. The van der Waals surface area contributed by atoms with Crippen LogP contribution < -0.4 is 10.6 Å². The van der Waals surface area contributed by atoms with Gasteiger partial charge in [-0.1, -0.05) is 31.5 Å². The maximum absolute atomic E-state index is 11.7. The smallest absolute Gasteiger partial charge is 0.241 e. The van der Waals surface area contributed by atoms with Gasteiger partial charge in [0.1, 0.15) is 0 Å². The fraction of sp³-hybridized carbons (Fsp3) is 0.462. The van der Waals surface area contributed by atoms with E-state index in [4.69, 9.17) is 0 Å². The summed E-state index contributed by atoms with van der Waals surface area (Å²) in [7, 11) is 0. The Hall–Kier alpha value is -1.35. The highest BCUT2D eigenvalue weighted by Gasteiger charge is 2.11. The van der Waals surface area contributed by atoms with Crippen LogP contribution in [0, 0.1) is 0 Å². The molecule has 0 aliphatic heterocycles. The molecule has 0 spiro atoms. The molecule has 0 fully saturated rings. The van der Waals surface area contributed by atoms with Crippen LogP contribution in [0.15, 0.2) is 30.3 Å². The van der Waals surface area contributed by atoms with Crippen LogP contribution in [0.4, 0.5) is 5.69 Å². The Morgan fingerprint density at radius 2 is 2.00 bits per heavy atom. The van der Waals surface area contributed by atoms with E-state index < -0.39 is 0 Å². The van der Waals surface area contributed by atoms with Gasteiger partial charge in [-0.3, -0.25) is 4.79 Å². The van der Waals surface area contributed by atoms with Crippen LogP contribution in [0.3, 0.4) is 0 Å². The van der Waals surface area contributed by atoms with Crippen molar-refractivity contribution in [1.82, 2.24) is 5.32 Å². The highest BCUT2D eigenvalue weighted by Crippen LogP contribution is 2.05. The minimum absolute atomic E-state index is 0.0160. The van der Waals surface area contributed by atoms with Gasteiger partial charge in [0.25, 0.3) is 0 Å². The summed E-state index contributed by atoms with van der Waals surface area (Å²) in [6, 6.07) is 9.37. The molecular formula is C13H20N2O. The third kappa shape index (κ3) is 4.45. The predicted molar refractivity (Wildman–Crippen MR) is 67.4 cm³/mol. The van der Waals surface area contributed by atoms with Gasteiger partial charge in [0.2, 0.25) is 5.91 Å². The number of carbonyl (C=O) groups is 1. The van der Waals surface area contributed by atoms with Gasteiger partial charge in [-0.15, -0.1) is 0 Å². The Labute approximate surface area is 97.2 Å². The number of amides is 1. The van der Waals surface area contributed by atoms with E-state index in [2.05, 4.69) is 17.6 Å². The number of benzene rings is 1. The molecule has 0 aliphatic carbocycles. The largest absolute Gasteiger partial charge is 0.325 e. The number of nitrogens with one attached hydrogen (secondary N) is 2. The molecule has 16 heavy (non-hydrogen) atoms. The molecule has 1 rings (SSSR count). The highest BCUT2D eigenvalue weighted by atomic mass is 16.2. The first kappa shape index (κ1) is 12.7. The summed E-state index contributed by atoms with van der Waals surface area (Å²) < 4.78 is 0. The maximum Gasteiger partial charge on any atom is 0.241 e. The van der Waals surface area contributed by atoms with E-state index in [0.29, 0.717) is 0 Å². The molecule has 0 aromatic heterocycles. The summed E-state index contributed by atoms with van der Waals surface area (Å²) >= 11 is 0. The minimum atomic E-state index is -0.147. The number of para-hydroxylation sites is 1. The van der Waals surface area contributed by atoms with Crippen molar-refractivity contribution in [2.75, 3.05) is 11.9 Å². The topological polar surface area (TPSA) is 41.1 Å². The molecular weight excluding hydrogens is 200 g/mol. The molecule has 1 amide bonds. The van der Waals surface area contributed by atoms with Crippen molar-refractivity contribution in [2.24, 2.45) is 0 Å². The number of hydrogen-bond acceptors (Lipinski definition) is 2. The van der Waals surface area contributed by atoms with E-state index in [9.17, 15) is 4.79 Å². The van der Waals surface area contributed by atoms with Crippen LogP contribution in [-0.4, -0.2) is 18.5 Å². The molecule has 0 saturated heterocycles. The molecule has 3 heteroatoms. The zero-order valence-electron chi connectivity index (χ0n) is 9.99. The van der Waals surface area contributed by atoms with Gasteiger partial charge < -0.3 is 10.6 Å². The van der Waals surface area contributed by atoms with Crippen molar-refractivity contribution in [2.45, 2.75) is 32.7 Å². The molecule has 0 bridgehead atoms. The van der Waals surface area contributed by atoms with Gasteiger partial charge in [0.05, 0.1) is 6.04 Å². The lowest BCUT2D eigenvalue weighted by Crippen LogP contribution is -2.38. The first-order valence-corrected chi connectivity index (χ1v) is 5.83. The van der Waals surface area contributed by atoms with Gasteiger partial charge in [-0.25, -0.2) is 0 Å². The normalized spacial score (nSPS) is 12.1. The second-order valence-corrected chi connectivity index (χ2v) is 3.88. The summed E-state index contributed by atoms with van der Waals surface area (Å²) in [5.41, 5.74) is 0.844. The Kier molecular flexibility index (Phi) is 5.57. The third-order valence-electron chi connectivity index (χ3n) is 2.42. The van der Waals surface area contributed by atoms with E-state index in [0.717, 1.165) is 25.1 Å². The minimum Gasteiger partial charge on any atom is -0.325 e. The van der Waals surface area contributed by atoms with Crippen molar-refractivity contribution in [3.05, 3.63) is 30.3 Å². The lowest BCUT2D eigenvalue weighted by atomic mass is 10.2. The van der Waals surface area contributed by atoms with Crippen LogP contribution in [0.25, 0.3) is 0 Å². The average molecular weight is 220 g/mol. The molecule has 2 N–H and O–H groups in total. The fourth-order valence-electron chi connectivity index (χ4n) is 1.36. The highest BCUT2D eigenvalue weighted by molar-refractivity contribution is 5.94. The molecule has 0 radical (unpaired) electrons. The monoisotopic (exact) mass is 220 g/mol. The van der Waals surface area contributed by atoms with E-state index in [1.165, 1.54) is 0 Å². The molecule has 1 atom stereocenters. The lowest BCUT2D eigenvalue weighted by molar-refractivity contribution is -0.117. The zero-order valence-corrected chi connectivity index (χ0v) is 9.99. The Morgan fingerprint density at radius 3 is 2.62 bits per heavy atom. The van der Waals surface area contributed by atoms with Crippen LogP contribution >= 0.6 is 0 Å². The Morgan fingerprint density at radius 1 is 1.31 bits per heavy atom. The number of anilines is 1. The summed E-state index contributed by atoms with van der Waals surface area (Å²) in [6.07, 6.45) is 2.24. The van der Waals surface area contributed by atoms with Crippen molar-refractivity contribution in [1.29, 1.82) is 0 Å². The predicted octanol–water partition coefficient (Wildman–Crippen LogP) is 2.40. The second kappa shape index (κ2) is 7.01. The molecule has 0 aliphatic rings. The van der Waals surface area contributed by atoms with Crippen LogP contribution in [0.5, 0.6) is 0 Å². The molecule has 1 aromatic rings. The second-order valence-electron chi connectivity index (χ2n) is 3.88. The van der Waals surface area contributed by atoms with Crippen molar-refractivity contribution in [3.63, 3.8) is 0 Å². The van der Waals surface area contributed by atoms with Gasteiger partial charge in [-0.05, 0) is 32.0 Å². The molecule has 1 unspecified atom stereocenters.